The molecule has 0 unspecified atom stereocenters. The molecule has 6 heteroatoms. The number of rotatable bonds is 6. The van der Waals surface area contributed by atoms with E-state index in [1.807, 2.05) is 30.3 Å². The summed E-state index contributed by atoms with van der Waals surface area (Å²) in [6.45, 7) is -0.624. The van der Waals surface area contributed by atoms with E-state index < -0.39 is 24.9 Å². The third kappa shape index (κ3) is 4.08. The number of anilines is 1. The third-order valence-electron chi connectivity index (χ3n) is 2.45. The molecule has 4 N–H and O–H groups in total. The maximum atomic E-state index is 9.52. The molecule has 1 rings (SSSR count). The van der Waals surface area contributed by atoms with Crippen LogP contribution in [-0.4, -0.2) is 58.6 Å². The SMILES string of the molecule is CN(/N=C\[C@@H](O)[C@H](O)[C@H](O)CO)c1ccccc1. The van der Waals surface area contributed by atoms with Gasteiger partial charge in [0.25, 0.3) is 0 Å². The smallest absolute Gasteiger partial charge is 0.119 e. The second kappa shape index (κ2) is 7.07. The zero-order valence-corrected chi connectivity index (χ0v) is 10.1. The van der Waals surface area contributed by atoms with Gasteiger partial charge >= 0.3 is 0 Å². The van der Waals surface area contributed by atoms with E-state index in [2.05, 4.69) is 5.10 Å². The fourth-order valence-corrected chi connectivity index (χ4v) is 1.30. The minimum absolute atomic E-state index is 0.624. The van der Waals surface area contributed by atoms with Gasteiger partial charge in [0.05, 0.1) is 18.5 Å². The summed E-state index contributed by atoms with van der Waals surface area (Å²) in [5.41, 5.74) is 0.818. The summed E-state index contributed by atoms with van der Waals surface area (Å²) in [5, 5.41) is 42.1. The first-order chi connectivity index (χ1) is 8.56. The van der Waals surface area contributed by atoms with Gasteiger partial charge in [-0.3, -0.25) is 5.01 Å². The number of hydrazone groups is 1. The summed E-state index contributed by atoms with van der Waals surface area (Å²) < 4.78 is 0. The number of nitrogens with zero attached hydrogens (tertiary/aromatic N) is 2. The summed E-state index contributed by atoms with van der Waals surface area (Å²) in [6, 6.07) is 9.24. The van der Waals surface area contributed by atoms with Crippen LogP contribution in [0.3, 0.4) is 0 Å². The van der Waals surface area contributed by atoms with Crippen molar-refractivity contribution in [1.29, 1.82) is 0 Å². The molecule has 0 spiro atoms. The van der Waals surface area contributed by atoms with Crippen LogP contribution in [0.5, 0.6) is 0 Å². The van der Waals surface area contributed by atoms with Crippen molar-refractivity contribution >= 4 is 11.9 Å². The van der Waals surface area contributed by atoms with Gasteiger partial charge < -0.3 is 20.4 Å². The predicted octanol–water partition coefficient (Wildman–Crippen LogP) is -0.816. The van der Waals surface area contributed by atoms with E-state index in [1.54, 1.807) is 7.05 Å². The summed E-state index contributed by atoms with van der Waals surface area (Å²) in [7, 11) is 1.69. The van der Waals surface area contributed by atoms with Gasteiger partial charge in [0.2, 0.25) is 0 Å². The van der Waals surface area contributed by atoms with E-state index in [0.29, 0.717) is 0 Å². The molecule has 0 aliphatic carbocycles. The lowest BCUT2D eigenvalue weighted by atomic mass is 10.1. The predicted molar refractivity (Wildman–Crippen MR) is 68.4 cm³/mol. The molecule has 0 aromatic heterocycles. The molecule has 3 atom stereocenters. The second-order valence-electron chi connectivity index (χ2n) is 3.85. The first-order valence-corrected chi connectivity index (χ1v) is 5.54. The van der Waals surface area contributed by atoms with E-state index in [-0.39, 0.29) is 0 Å². The van der Waals surface area contributed by atoms with E-state index in [1.165, 1.54) is 5.01 Å². The Bertz CT molecular complexity index is 372. The molecule has 0 aliphatic rings. The normalized spacial score (nSPS) is 16.5. The molecule has 0 heterocycles. The lowest BCUT2D eigenvalue weighted by Gasteiger charge is -2.19. The van der Waals surface area contributed by atoms with Crippen molar-refractivity contribution in [3.8, 4) is 0 Å². The molecule has 6 nitrogen and oxygen atoms in total. The highest BCUT2D eigenvalue weighted by Gasteiger charge is 2.22. The van der Waals surface area contributed by atoms with Crippen LogP contribution in [0.4, 0.5) is 5.69 Å². The Morgan fingerprint density at radius 3 is 2.39 bits per heavy atom. The summed E-state index contributed by atoms with van der Waals surface area (Å²) in [4.78, 5) is 0. The largest absolute Gasteiger partial charge is 0.394 e. The van der Waals surface area contributed by atoms with E-state index in [4.69, 9.17) is 10.2 Å². The lowest BCUT2D eigenvalue weighted by molar-refractivity contribution is -0.0541. The summed E-state index contributed by atoms with van der Waals surface area (Å²) in [6.07, 6.45) is -3.11. The molecule has 0 saturated carbocycles. The Morgan fingerprint density at radius 2 is 1.83 bits per heavy atom. The first kappa shape index (κ1) is 14.6. The molecule has 1 aromatic rings. The number of hydrogen-bond acceptors (Lipinski definition) is 6. The van der Waals surface area contributed by atoms with Crippen LogP contribution in [-0.2, 0) is 0 Å². The van der Waals surface area contributed by atoms with Crippen LogP contribution in [0.2, 0.25) is 0 Å². The fraction of sp³-hybridized carbons (Fsp3) is 0.417. The number of aliphatic hydroxyl groups is 4. The monoisotopic (exact) mass is 254 g/mol. The summed E-state index contributed by atoms with van der Waals surface area (Å²) in [5.74, 6) is 0. The van der Waals surface area contributed by atoms with E-state index >= 15 is 0 Å². The van der Waals surface area contributed by atoms with E-state index in [9.17, 15) is 10.2 Å². The van der Waals surface area contributed by atoms with Crippen LogP contribution in [0.25, 0.3) is 0 Å². The zero-order valence-electron chi connectivity index (χ0n) is 10.1. The van der Waals surface area contributed by atoms with Gasteiger partial charge in [0, 0.05) is 7.05 Å². The van der Waals surface area contributed by atoms with Crippen LogP contribution in [0, 0.1) is 0 Å². The number of aliphatic hydroxyl groups excluding tert-OH is 4. The minimum Gasteiger partial charge on any atom is -0.394 e. The molecular formula is C12H18N2O4. The van der Waals surface area contributed by atoms with Crippen molar-refractivity contribution < 1.29 is 20.4 Å². The van der Waals surface area contributed by atoms with Gasteiger partial charge in [-0.15, -0.1) is 0 Å². The summed E-state index contributed by atoms with van der Waals surface area (Å²) >= 11 is 0. The third-order valence-corrected chi connectivity index (χ3v) is 2.45. The molecule has 0 fully saturated rings. The van der Waals surface area contributed by atoms with Crippen molar-refractivity contribution in [1.82, 2.24) is 0 Å². The van der Waals surface area contributed by atoms with Gasteiger partial charge in [-0.1, -0.05) is 18.2 Å². The van der Waals surface area contributed by atoms with Gasteiger partial charge in [0.1, 0.15) is 18.3 Å². The average molecular weight is 254 g/mol. The highest BCUT2D eigenvalue weighted by Crippen LogP contribution is 2.10. The maximum absolute atomic E-state index is 9.52. The number of hydrogen-bond donors (Lipinski definition) is 4. The molecule has 0 saturated heterocycles. The fourth-order valence-electron chi connectivity index (χ4n) is 1.30. The van der Waals surface area contributed by atoms with Crippen molar-refractivity contribution in [2.45, 2.75) is 18.3 Å². The quantitative estimate of drug-likeness (QED) is 0.393. The van der Waals surface area contributed by atoms with Gasteiger partial charge in [-0.05, 0) is 12.1 Å². The van der Waals surface area contributed by atoms with Crippen LogP contribution in [0.1, 0.15) is 0 Å². The van der Waals surface area contributed by atoms with Gasteiger partial charge in [-0.2, -0.15) is 5.10 Å². The van der Waals surface area contributed by atoms with E-state index in [0.717, 1.165) is 11.9 Å². The minimum atomic E-state index is -1.47. The zero-order chi connectivity index (χ0) is 13.5. The Morgan fingerprint density at radius 1 is 1.22 bits per heavy atom. The second-order valence-corrected chi connectivity index (χ2v) is 3.85. The highest BCUT2D eigenvalue weighted by atomic mass is 16.4. The molecular weight excluding hydrogens is 236 g/mol. The van der Waals surface area contributed by atoms with Crippen molar-refractivity contribution in [2.24, 2.45) is 5.10 Å². The Hall–Kier alpha value is -1.47. The molecule has 18 heavy (non-hydrogen) atoms. The van der Waals surface area contributed by atoms with Crippen molar-refractivity contribution in [3.05, 3.63) is 30.3 Å². The van der Waals surface area contributed by atoms with Crippen LogP contribution < -0.4 is 5.01 Å². The highest BCUT2D eigenvalue weighted by molar-refractivity contribution is 5.65. The Kier molecular flexibility index (Phi) is 5.73. The molecule has 0 bridgehead atoms. The standard InChI is InChI=1S/C12H18N2O4/c1-14(9-5-3-2-4-6-9)13-7-10(16)12(18)11(17)8-15/h2-7,10-12,15-18H,8H2,1H3/b13-7-/t10-,11-,12+/m1/s1. The molecule has 1 aromatic carbocycles. The van der Waals surface area contributed by atoms with Gasteiger partial charge in [0.15, 0.2) is 0 Å². The average Bonchev–Trinajstić information content (AvgIpc) is 2.43. The molecule has 100 valence electrons. The van der Waals surface area contributed by atoms with Crippen molar-refractivity contribution in [3.63, 3.8) is 0 Å². The van der Waals surface area contributed by atoms with Crippen LogP contribution >= 0.6 is 0 Å². The number of para-hydroxylation sites is 1. The van der Waals surface area contributed by atoms with Gasteiger partial charge in [-0.25, -0.2) is 0 Å². The maximum Gasteiger partial charge on any atom is 0.119 e. The number of benzene rings is 1. The lowest BCUT2D eigenvalue weighted by Crippen LogP contribution is -2.40. The molecule has 0 amide bonds. The Balaban J connectivity index is 2.58. The van der Waals surface area contributed by atoms with Crippen molar-refractivity contribution in [2.75, 3.05) is 18.7 Å². The first-order valence-electron chi connectivity index (χ1n) is 5.54. The Labute approximate surface area is 105 Å². The molecule has 0 aliphatic heterocycles. The topological polar surface area (TPSA) is 96.5 Å². The molecule has 0 radical (unpaired) electrons. The van der Waals surface area contributed by atoms with Crippen LogP contribution in [0.15, 0.2) is 35.4 Å².